The van der Waals surface area contributed by atoms with Crippen molar-refractivity contribution in [3.05, 3.63) is 24.0 Å². The fourth-order valence-electron chi connectivity index (χ4n) is 2.03. The van der Waals surface area contributed by atoms with Gasteiger partial charge in [0.05, 0.1) is 7.11 Å². The SMILES string of the molecule is COc1cccc(F)c1N1CC(S(N)(=O)=O)CC1=O. The molecule has 1 aromatic rings. The molecule has 2 N–H and O–H groups in total. The second-order valence-electron chi connectivity index (χ2n) is 4.21. The number of rotatable bonds is 3. The molecule has 1 unspecified atom stereocenters. The van der Waals surface area contributed by atoms with Crippen molar-refractivity contribution in [3.8, 4) is 5.75 Å². The quantitative estimate of drug-likeness (QED) is 0.862. The van der Waals surface area contributed by atoms with E-state index in [9.17, 15) is 17.6 Å². The van der Waals surface area contributed by atoms with Gasteiger partial charge >= 0.3 is 0 Å². The lowest BCUT2D eigenvalue weighted by atomic mass is 10.2. The third kappa shape index (κ3) is 2.54. The summed E-state index contributed by atoms with van der Waals surface area (Å²) in [6, 6.07) is 4.11. The number of sulfonamides is 1. The summed E-state index contributed by atoms with van der Waals surface area (Å²) in [5.74, 6) is -0.978. The number of hydrogen-bond donors (Lipinski definition) is 1. The Morgan fingerprint density at radius 1 is 1.47 bits per heavy atom. The van der Waals surface area contributed by atoms with Crippen molar-refractivity contribution in [2.75, 3.05) is 18.6 Å². The van der Waals surface area contributed by atoms with Crippen molar-refractivity contribution in [1.82, 2.24) is 0 Å². The molecule has 0 radical (unpaired) electrons. The Labute approximate surface area is 110 Å². The van der Waals surface area contributed by atoms with Gasteiger partial charge in [0.2, 0.25) is 15.9 Å². The Balaban J connectivity index is 2.41. The largest absolute Gasteiger partial charge is 0.494 e. The van der Waals surface area contributed by atoms with Gasteiger partial charge in [-0.2, -0.15) is 0 Å². The zero-order valence-corrected chi connectivity index (χ0v) is 11.0. The maximum atomic E-state index is 13.8. The van der Waals surface area contributed by atoms with E-state index in [2.05, 4.69) is 0 Å². The van der Waals surface area contributed by atoms with E-state index in [1.807, 2.05) is 0 Å². The first-order valence-corrected chi connectivity index (χ1v) is 7.10. The van der Waals surface area contributed by atoms with Gasteiger partial charge < -0.3 is 9.64 Å². The van der Waals surface area contributed by atoms with Crippen LogP contribution in [0.4, 0.5) is 10.1 Å². The van der Waals surface area contributed by atoms with Crippen molar-refractivity contribution in [3.63, 3.8) is 0 Å². The molecule has 0 saturated carbocycles. The number of carbonyl (C=O) groups is 1. The van der Waals surface area contributed by atoms with Gasteiger partial charge in [0.1, 0.15) is 16.7 Å². The number of hydrogen-bond acceptors (Lipinski definition) is 4. The molecule has 1 fully saturated rings. The fourth-order valence-corrected chi connectivity index (χ4v) is 2.76. The van der Waals surface area contributed by atoms with E-state index < -0.39 is 27.0 Å². The first-order valence-electron chi connectivity index (χ1n) is 5.49. The molecule has 1 saturated heterocycles. The van der Waals surface area contributed by atoms with E-state index in [1.165, 1.54) is 25.3 Å². The number of methoxy groups -OCH3 is 1. The van der Waals surface area contributed by atoms with Crippen LogP contribution in [0.5, 0.6) is 5.75 Å². The highest BCUT2D eigenvalue weighted by Gasteiger charge is 2.39. The lowest BCUT2D eigenvalue weighted by Gasteiger charge is -2.19. The number of amides is 1. The van der Waals surface area contributed by atoms with Crippen molar-refractivity contribution < 1.29 is 22.3 Å². The third-order valence-electron chi connectivity index (χ3n) is 2.99. The standard InChI is InChI=1S/C11H13FN2O4S/c1-18-9-4-2-3-8(12)11(9)14-6-7(5-10(14)15)19(13,16)17/h2-4,7H,5-6H2,1H3,(H2,13,16,17). The Morgan fingerprint density at radius 2 is 2.16 bits per heavy atom. The number of para-hydroxylation sites is 1. The summed E-state index contributed by atoms with van der Waals surface area (Å²) in [6.07, 6.45) is -0.254. The first kappa shape index (κ1) is 13.8. The van der Waals surface area contributed by atoms with Crippen LogP contribution in [0.25, 0.3) is 0 Å². The highest BCUT2D eigenvalue weighted by Crippen LogP contribution is 2.34. The van der Waals surface area contributed by atoms with Crippen LogP contribution in [0.2, 0.25) is 0 Å². The molecular weight excluding hydrogens is 275 g/mol. The van der Waals surface area contributed by atoms with Crippen LogP contribution in [0.1, 0.15) is 6.42 Å². The van der Waals surface area contributed by atoms with Crippen molar-refractivity contribution in [2.45, 2.75) is 11.7 Å². The second kappa shape index (κ2) is 4.78. The van der Waals surface area contributed by atoms with Crippen LogP contribution in [-0.4, -0.2) is 33.2 Å². The number of benzene rings is 1. The molecule has 0 bridgehead atoms. The number of ether oxygens (including phenoxy) is 1. The maximum absolute atomic E-state index is 13.8. The summed E-state index contributed by atoms with van der Waals surface area (Å²) >= 11 is 0. The summed E-state index contributed by atoms with van der Waals surface area (Å²) in [4.78, 5) is 12.9. The summed E-state index contributed by atoms with van der Waals surface area (Å²) in [7, 11) is -2.49. The average molecular weight is 288 g/mol. The maximum Gasteiger partial charge on any atom is 0.228 e. The number of carbonyl (C=O) groups excluding carboxylic acids is 1. The number of nitrogens with zero attached hydrogens (tertiary/aromatic N) is 1. The summed E-state index contributed by atoms with van der Waals surface area (Å²) in [5, 5.41) is 4.00. The van der Waals surface area contributed by atoms with Gasteiger partial charge in [-0.05, 0) is 12.1 Å². The van der Waals surface area contributed by atoms with Gasteiger partial charge in [0.25, 0.3) is 0 Å². The predicted octanol–water partition coefficient (Wildman–Crippen LogP) is 0.228. The highest BCUT2D eigenvalue weighted by molar-refractivity contribution is 7.89. The molecule has 8 heteroatoms. The van der Waals surface area contributed by atoms with Crippen molar-refractivity contribution >= 4 is 21.6 Å². The van der Waals surface area contributed by atoms with Crippen LogP contribution in [0.3, 0.4) is 0 Å². The van der Waals surface area contributed by atoms with Crippen molar-refractivity contribution in [2.24, 2.45) is 5.14 Å². The number of halogens is 1. The first-order chi connectivity index (χ1) is 8.84. The van der Waals surface area contributed by atoms with E-state index in [1.54, 1.807) is 0 Å². The topological polar surface area (TPSA) is 89.7 Å². The van der Waals surface area contributed by atoms with Gasteiger partial charge in [0, 0.05) is 13.0 Å². The van der Waals surface area contributed by atoms with Crippen molar-refractivity contribution in [1.29, 1.82) is 0 Å². The summed E-state index contributed by atoms with van der Waals surface area (Å²) in [5.41, 5.74) is -0.0545. The van der Waals surface area contributed by atoms with E-state index in [0.717, 1.165) is 4.90 Å². The third-order valence-corrected chi connectivity index (χ3v) is 4.24. The molecule has 2 rings (SSSR count). The average Bonchev–Trinajstić information content (AvgIpc) is 2.70. The smallest absolute Gasteiger partial charge is 0.228 e. The molecule has 1 atom stereocenters. The van der Waals surface area contributed by atoms with Crippen LogP contribution in [-0.2, 0) is 14.8 Å². The molecule has 1 heterocycles. The van der Waals surface area contributed by atoms with Gasteiger partial charge in [-0.25, -0.2) is 17.9 Å². The summed E-state index contributed by atoms with van der Waals surface area (Å²) in [6.45, 7) is -0.172. The van der Waals surface area contributed by atoms with Crippen LogP contribution < -0.4 is 14.8 Å². The molecule has 1 aliphatic rings. The van der Waals surface area contributed by atoms with Crippen LogP contribution in [0.15, 0.2) is 18.2 Å². The number of nitrogens with two attached hydrogens (primary N) is 1. The van der Waals surface area contributed by atoms with Gasteiger partial charge in [0.15, 0.2) is 5.82 Å². The predicted molar refractivity (Wildman–Crippen MR) is 66.8 cm³/mol. The molecule has 1 aliphatic heterocycles. The lowest BCUT2D eigenvalue weighted by Crippen LogP contribution is -2.32. The normalized spacial score (nSPS) is 19.8. The highest BCUT2D eigenvalue weighted by atomic mass is 32.2. The molecule has 0 aromatic heterocycles. The van der Waals surface area contributed by atoms with E-state index in [0.29, 0.717) is 0 Å². The zero-order valence-electron chi connectivity index (χ0n) is 10.2. The zero-order chi connectivity index (χ0) is 14.2. The van der Waals surface area contributed by atoms with E-state index in [-0.39, 0.29) is 24.4 Å². The lowest BCUT2D eigenvalue weighted by molar-refractivity contribution is -0.117. The molecule has 1 amide bonds. The number of anilines is 1. The van der Waals surface area contributed by atoms with E-state index in [4.69, 9.17) is 9.88 Å². The van der Waals surface area contributed by atoms with Gasteiger partial charge in [-0.3, -0.25) is 4.79 Å². The Kier molecular flexibility index (Phi) is 3.46. The van der Waals surface area contributed by atoms with Crippen LogP contribution >= 0.6 is 0 Å². The summed E-state index contributed by atoms with van der Waals surface area (Å²) < 4.78 is 41.4. The van der Waals surface area contributed by atoms with Crippen LogP contribution in [0, 0.1) is 5.82 Å². The molecular formula is C11H13FN2O4S. The molecule has 0 aliphatic carbocycles. The molecule has 1 aromatic carbocycles. The Hall–Kier alpha value is -1.67. The Bertz CT molecular complexity index is 617. The van der Waals surface area contributed by atoms with E-state index >= 15 is 0 Å². The minimum Gasteiger partial charge on any atom is -0.494 e. The van der Waals surface area contributed by atoms with Gasteiger partial charge in [-0.15, -0.1) is 0 Å². The molecule has 104 valence electrons. The Morgan fingerprint density at radius 3 is 2.68 bits per heavy atom. The minimum atomic E-state index is -3.83. The molecule has 19 heavy (non-hydrogen) atoms. The fraction of sp³-hybridized carbons (Fsp3) is 0.364. The van der Waals surface area contributed by atoms with Gasteiger partial charge in [-0.1, -0.05) is 6.07 Å². The molecule has 6 nitrogen and oxygen atoms in total. The monoisotopic (exact) mass is 288 g/mol. The molecule has 0 spiro atoms. The minimum absolute atomic E-state index is 0.0545. The number of primary sulfonamides is 1. The second-order valence-corrected chi connectivity index (χ2v) is 6.05.